The van der Waals surface area contributed by atoms with Crippen LogP contribution in [0.4, 0.5) is 4.39 Å². The van der Waals surface area contributed by atoms with Crippen LogP contribution in [-0.4, -0.2) is 84.7 Å². The molecule has 2 bridgehead atoms. The zero-order valence-corrected chi connectivity index (χ0v) is 22.0. The fourth-order valence-electron chi connectivity index (χ4n) is 5.09. The highest BCUT2D eigenvalue weighted by Gasteiger charge is 2.41. The quantitative estimate of drug-likeness (QED) is 0.571. The van der Waals surface area contributed by atoms with Crippen molar-refractivity contribution < 1.29 is 18.7 Å². The molecule has 0 radical (unpaired) electrons. The molecular formula is C25H29ClFN5O3S. The van der Waals surface area contributed by atoms with Gasteiger partial charge in [-0.05, 0) is 26.0 Å². The number of nitrogens with one attached hydrogen (secondary N) is 1. The molecule has 1 N–H and O–H groups in total. The number of aliphatic imine (C=N–C) groups is 1. The SMILES string of the molecule is COC(=O)C1=C(CN2C3COCC2CN(C(C)C)C3)NC(c2nccs2)=NC1c1ccc(F)cc1Cl. The van der Waals surface area contributed by atoms with Crippen LogP contribution in [0.25, 0.3) is 0 Å². The number of fused-ring (bicyclic) bond motifs is 2. The Morgan fingerprint density at radius 1 is 1.33 bits per heavy atom. The van der Waals surface area contributed by atoms with Crippen molar-refractivity contribution in [3.05, 3.63) is 62.5 Å². The van der Waals surface area contributed by atoms with Gasteiger partial charge in [0, 0.05) is 65.6 Å². The lowest BCUT2D eigenvalue weighted by Crippen LogP contribution is -2.66. The summed E-state index contributed by atoms with van der Waals surface area (Å²) in [6.45, 7) is 7.92. The van der Waals surface area contributed by atoms with Crippen LogP contribution in [0.1, 0.15) is 30.5 Å². The van der Waals surface area contributed by atoms with Gasteiger partial charge in [-0.2, -0.15) is 0 Å². The maximum absolute atomic E-state index is 13.9. The Bertz CT molecular complexity index is 1170. The van der Waals surface area contributed by atoms with E-state index in [1.54, 1.807) is 12.3 Å². The average Bonchev–Trinajstić information content (AvgIpc) is 3.38. The molecule has 2 aromatic rings. The molecule has 192 valence electrons. The summed E-state index contributed by atoms with van der Waals surface area (Å²) in [6.07, 6.45) is 1.70. The van der Waals surface area contributed by atoms with Gasteiger partial charge in [0.05, 0.1) is 25.9 Å². The number of thiazole rings is 1. The van der Waals surface area contributed by atoms with Gasteiger partial charge >= 0.3 is 5.97 Å². The van der Waals surface area contributed by atoms with E-state index in [1.807, 2.05) is 5.38 Å². The maximum atomic E-state index is 13.9. The molecule has 3 atom stereocenters. The molecular weight excluding hydrogens is 505 g/mol. The molecule has 5 rings (SSSR count). The number of ether oxygens (including phenoxy) is 2. The largest absolute Gasteiger partial charge is 0.466 e. The Hall–Kier alpha value is -2.37. The first-order valence-corrected chi connectivity index (χ1v) is 13.2. The first kappa shape index (κ1) is 25.3. The van der Waals surface area contributed by atoms with E-state index in [0.29, 0.717) is 53.5 Å². The summed E-state index contributed by atoms with van der Waals surface area (Å²) in [5, 5.41) is 6.14. The van der Waals surface area contributed by atoms with Gasteiger partial charge < -0.3 is 14.8 Å². The molecule has 1 aromatic carbocycles. The van der Waals surface area contributed by atoms with Crippen LogP contribution >= 0.6 is 22.9 Å². The molecule has 4 heterocycles. The summed E-state index contributed by atoms with van der Waals surface area (Å²) >= 11 is 7.90. The van der Waals surface area contributed by atoms with Gasteiger partial charge in [-0.3, -0.25) is 14.8 Å². The number of carbonyl (C=O) groups is 1. The predicted molar refractivity (Wildman–Crippen MR) is 137 cm³/mol. The number of hydrogen-bond acceptors (Lipinski definition) is 9. The fourth-order valence-corrected chi connectivity index (χ4v) is 5.95. The number of piperazine rings is 1. The normalized spacial score (nSPS) is 25.1. The van der Waals surface area contributed by atoms with Crippen molar-refractivity contribution in [1.82, 2.24) is 20.1 Å². The first-order chi connectivity index (χ1) is 17.4. The number of morpholine rings is 1. The minimum Gasteiger partial charge on any atom is -0.466 e. The van der Waals surface area contributed by atoms with Gasteiger partial charge in [0.1, 0.15) is 11.9 Å². The second kappa shape index (κ2) is 10.5. The number of rotatable bonds is 6. The molecule has 0 saturated carbocycles. The lowest BCUT2D eigenvalue weighted by Gasteiger charge is -2.51. The van der Waals surface area contributed by atoms with Crippen LogP contribution in [0.2, 0.25) is 5.02 Å². The van der Waals surface area contributed by atoms with E-state index in [4.69, 9.17) is 26.1 Å². The highest BCUT2D eigenvalue weighted by Crippen LogP contribution is 2.37. The molecule has 0 amide bonds. The summed E-state index contributed by atoms with van der Waals surface area (Å²) in [6, 6.07) is 4.17. The zero-order chi connectivity index (χ0) is 25.4. The van der Waals surface area contributed by atoms with Crippen molar-refractivity contribution in [3.63, 3.8) is 0 Å². The minimum atomic E-state index is -0.770. The molecule has 36 heavy (non-hydrogen) atoms. The van der Waals surface area contributed by atoms with Crippen molar-refractivity contribution in [2.75, 3.05) is 40.0 Å². The third kappa shape index (κ3) is 4.92. The van der Waals surface area contributed by atoms with Crippen LogP contribution in [0, 0.1) is 5.82 Å². The number of amidine groups is 1. The van der Waals surface area contributed by atoms with Crippen LogP contribution in [0.15, 0.2) is 46.0 Å². The van der Waals surface area contributed by atoms with Crippen LogP contribution in [-0.2, 0) is 14.3 Å². The lowest BCUT2D eigenvalue weighted by molar-refractivity contribution is -0.136. The highest BCUT2D eigenvalue weighted by atomic mass is 35.5. The van der Waals surface area contributed by atoms with Gasteiger partial charge in [0.15, 0.2) is 10.8 Å². The fraction of sp³-hybridized carbons (Fsp3) is 0.480. The molecule has 2 saturated heterocycles. The molecule has 3 unspecified atom stereocenters. The molecule has 0 spiro atoms. The Balaban J connectivity index is 1.57. The first-order valence-electron chi connectivity index (χ1n) is 11.9. The number of esters is 1. The third-order valence-electron chi connectivity index (χ3n) is 6.94. The number of nitrogens with zero attached hydrogens (tertiary/aromatic N) is 4. The number of carbonyl (C=O) groups excluding carboxylic acids is 1. The van der Waals surface area contributed by atoms with Crippen molar-refractivity contribution in [1.29, 1.82) is 0 Å². The van der Waals surface area contributed by atoms with Gasteiger partial charge in [0.2, 0.25) is 0 Å². The van der Waals surface area contributed by atoms with Crippen molar-refractivity contribution in [2.45, 2.75) is 38.0 Å². The van der Waals surface area contributed by atoms with Gasteiger partial charge in [-0.25, -0.2) is 14.2 Å². The van der Waals surface area contributed by atoms with Crippen LogP contribution in [0.5, 0.6) is 0 Å². The number of hydrogen-bond donors (Lipinski definition) is 1. The van der Waals surface area contributed by atoms with E-state index in [2.05, 4.69) is 33.9 Å². The molecule has 0 aliphatic carbocycles. The second-order valence-corrected chi connectivity index (χ2v) is 10.8. The Morgan fingerprint density at radius 3 is 2.69 bits per heavy atom. The van der Waals surface area contributed by atoms with Crippen molar-refractivity contribution in [2.24, 2.45) is 4.99 Å². The van der Waals surface area contributed by atoms with E-state index in [9.17, 15) is 9.18 Å². The Kier molecular flexibility index (Phi) is 7.41. The Labute approximate surface area is 218 Å². The minimum absolute atomic E-state index is 0.183. The number of halogens is 2. The molecule has 3 aliphatic rings. The predicted octanol–water partition coefficient (Wildman–Crippen LogP) is 3.25. The summed E-state index contributed by atoms with van der Waals surface area (Å²) in [5.74, 6) is -0.422. The van der Waals surface area contributed by atoms with E-state index in [1.165, 1.54) is 30.6 Å². The van der Waals surface area contributed by atoms with Crippen molar-refractivity contribution in [3.8, 4) is 0 Å². The summed E-state index contributed by atoms with van der Waals surface area (Å²) in [4.78, 5) is 27.3. The highest BCUT2D eigenvalue weighted by molar-refractivity contribution is 7.11. The van der Waals surface area contributed by atoms with Crippen molar-refractivity contribution >= 4 is 34.7 Å². The standard InChI is InChI=1S/C25H29ClFN5O3S/c1-14(2)31-9-16-12-35-13-17(10-31)32(16)11-20-21(25(33)34-3)22(18-5-4-15(27)8-19(18)26)30-23(29-20)24-28-6-7-36-24/h4-8,14,16-17,22H,9-13H2,1-3H3,(H,29,30). The van der Waals surface area contributed by atoms with Crippen LogP contribution in [0.3, 0.4) is 0 Å². The van der Waals surface area contributed by atoms with E-state index >= 15 is 0 Å². The monoisotopic (exact) mass is 533 g/mol. The molecule has 3 aliphatic heterocycles. The number of benzene rings is 1. The van der Waals surface area contributed by atoms with E-state index in [0.717, 1.165) is 13.1 Å². The van der Waals surface area contributed by atoms with Gasteiger partial charge in [-0.15, -0.1) is 11.3 Å². The number of methoxy groups -OCH3 is 1. The maximum Gasteiger partial charge on any atom is 0.338 e. The average molecular weight is 534 g/mol. The molecule has 8 nitrogen and oxygen atoms in total. The second-order valence-electron chi connectivity index (χ2n) is 9.46. The van der Waals surface area contributed by atoms with Gasteiger partial charge in [0.25, 0.3) is 0 Å². The lowest BCUT2D eigenvalue weighted by atomic mass is 9.94. The third-order valence-corrected chi connectivity index (χ3v) is 8.05. The van der Waals surface area contributed by atoms with E-state index < -0.39 is 17.8 Å². The van der Waals surface area contributed by atoms with Crippen LogP contribution < -0.4 is 5.32 Å². The topological polar surface area (TPSA) is 79.3 Å². The zero-order valence-electron chi connectivity index (χ0n) is 20.4. The molecule has 11 heteroatoms. The summed E-state index contributed by atoms with van der Waals surface area (Å²) in [7, 11) is 1.35. The smallest absolute Gasteiger partial charge is 0.338 e. The van der Waals surface area contributed by atoms with Gasteiger partial charge in [-0.1, -0.05) is 17.7 Å². The molecule has 1 aromatic heterocycles. The summed E-state index contributed by atoms with van der Waals surface area (Å²) in [5.41, 5.74) is 1.57. The summed E-state index contributed by atoms with van der Waals surface area (Å²) < 4.78 is 25.0. The Morgan fingerprint density at radius 2 is 2.08 bits per heavy atom. The van der Waals surface area contributed by atoms with E-state index in [-0.39, 0.29) is 17.1 Å². The molecule has 2 fully saturated rings. The number of aromatic nitrogens is 1.